The molecule has 0 bridgehead atoms. The van der Waals surface area contributed by atoms with E-state index in [4.69, 9.17) is 4.74 Å². The van der Waals surface area contributed by atoms with Crippen molar-refractivity contribution >= 4 is 0 Å². The van der Waals surface area contributed by atoms with Crippen LogP contribution < -0.4 is 5.32 Å². The summed E-state index contributed by atoms with van der Waals surface area (Å²) in [6.07, 6.45) is 5.86. The van der Waals surface area contributed by atoms with Crippen LogP contribution in [0.3, 0.4) is 0 Å². The molecule has 0 spiro atoms. The van der Waals surface area contributed by atoms with Crippen LogP contribution in [0.2, 0.25) is 0 Å². The molecule has 0 aliphatic carbocycles. The highest BCUT2D eigenvalue weighted by molar-refractivity contribution is 4.81. The van der Waals surface area contributed by atoms with E-state index in [9.17, 15) is 5.11 Å². The van der Waals surface area contributed by atoms with Gasteiger partial charge in [0.15, 0.2) is 0 Å². The third-order valence-corrected chi connectivity index (χ3v) is 2.89. The molecule has 0 aromatic carbocycles. The van der Waals surface area contributed by atoms with Crippen molar-refractivity contribution in [2.24, 2.45) is 0 Å². The van der Waals surface area contributed by atoms with E-state index in [0.717, 1.165) is 32.6 Å². The van der Waals surface area contributed by atoms with Gasteiger partial charge in [-0.25, -0.2) is 0 Å². The highest BCUT2D eigenvalue weighted by Gasteiger charge is 2.20. The molecule has 3 heteroatoms. The first kappa shape index (κ1) is 15.9. The fourth-order valence-electron chi connectivity index (χ4n) is 1.68. The van der Waals surface area contributed by atoms with Gasteiger partial charge in [-0.15, -0.1) is 0 Å². The fraction of sp³-hybridized carbons (Fsp3) is 1.00. The molecule has 98 valence electrons. The van der Waals surface area contributed by atoms with Crippen LogP contribution in [0.5, 0.6) is 0 Å². The molecule has 0 aromatic heterocycles. The summed E-state index contributed by atoms with van der Waals surface area (Å²) in [5, 5.41) is 12.6. The van der Waals surface area contributed by atoms with Gasteiger partial charge in [0, 0.05) is 18.8 Å². The summed E-state index contributed by atoms with van der Waals surface area (Å²) in [6, 6.07) is 0. The Morgan fingerprint density at radius 1 is 1.12 bits per heavy atom. The number of hydrogen-bond acceptors (Lipinski definition) is 3. The van der Waals surface area contributed by atoms with Gasteiger partial charge >= 0.3 is 0 Å². The van der Waals surface area contributed by atoms with E-state index in [1.54, 1.807) is 0 Å². The van der Waals surface area contributed by atoms with Gasteiger partial charge in [0.2, 0.25) is 0 Å². The predicted octanol–water partition coefficient (Wildman–Crippen LogP) is 2.33. The summed E-state index contributed by atoms with van der Waals surface area (Å²) in [6.45, 7) is 8.94. The first-order valence-electron chi connectivity index (χ1n) is 6.62. The zero-order valence-electron chi connectivity index (χ0n) is 11.2. The molecule has 0 aromatic rings. The summed E-state index contributed by atoms with van der Waals surface area (Å²) >= 11 is 0. The van der Waals surface area contributed by atoms with Crippen molar-refractivity contribution in [1.82, 2.24) is 5.32 Å². The van der Waals surface area contributed by atoms with Crippen LogP contribution in [0.15, 0.2) is 0 Å². The number of unbranched alkanes of at least 4 members (excludes halogenated alkanes) is 3. The second kappa shape index (κ2) is 10.1. The highest BCUT2D eigenvalue weighted by atomic mass is 16.5. The average molecular weight is 231 g/mol. The third kappa shape index (κ3) is 8.08. The normalized spacial score (nSPS) is 15.0. The van der Waals surface area contributed by atoms with Gasteiger partial charge in [0.05, 0.1) is 6.61 Å². The lowest BCUT2D eigenvalue weighted by atomic mass is 10.00. The van der Waals surface area contributed by atoms with E-state index < -0.39 is 0 Å². The van der Waals surface area contributed by atoms with Gasteiger partial charge in [0.1, 0.15) is 0 Å². The van der Waals surface area contributed by atoms with E-state index >= 15 is 0 Å². The summed E-state index contributed by atoms with van der Waals surface area (Å²) in [5.74, 6) is 0. The van der Waals surface area contributed by atoms with Crippen LogP contribution in [0.1, 0.15) is 52.9 Å². The third-order valence-electron chi connectivity index (χ3n) is 2.89. The maximum atomic E-state index is 9.27. The van der Waals surface area contributed by atoms with Crippen LogP contribution in [0.4, 0.5) is 0 Å². The van der Waals surface area contributed by atoms with Crippen LogP contribution in [-0.4, -0.2) is 37.0 Å². The summed E-state index contributed by atoms with van der Waals surface area (Å²) in [4.78, 5) is 0. The molecule has 16 heavy (non-hydrogen) atoms. The fourth-order valence-corrected chi connectivity index (χ4v) is 1.68. The Bertz CT molecular complexity index is 153. The lowest BCUT2D eigenvalue weighted by molar-refractivity contribution is 0.0854. The maximum absolute atomic E-state index is 9.27. The monoisotopic (exact) mass is 231 g/mol. The quantitative estimate of drug-likeness (QED) is 0.536. The van der Waals surface area contributed by atoms with Crippen LogP contribution in [-0.2, 0) is 4.74 Å². The van der Waals surface area contributed by atoms with E-state index in [2.05, 4.69) is 19.2 Å². The number of aliphatic hydroxyl groups excluding tert-OH is 1. The van der Waals surface area contributed by atoms with Crippen molar-refractivity contribution in [2.45, 2.75) is 58.4 Å². The van der Waals surface area contributed by atoms with Crippen molar-refractivity contribution in [2.75, 3.05) is 26.4 Å². The van der Waals surface area contributed by atoms with Crippen molar-refractivity contribution in [3.63, 3.8) is 0 Å². The Morgan fingerprint density at radius 2 is 1.88 bits per heavy atom. The summed E-state index contributed by atoms with van der Waals surface area (Å²) in [7, 11) is 0. The smallest absolute Gasteiger partial charge is 0.0611 e. The first-order valence-corrected chi connectivity index (χ1v) is 6.62. The molecular weight excluding hydrogens is 202 g/mol. The van der Waals surface area contributed by atoms with E-state index in [-0.39, 0.29) is 12.1 Å². The molecule has 1 unspecified atom stereocenters. The van der Waals surface area contributed by atoms with E-state index in [1.165, 1.54) is 19.3 Å². The molecule has 0 saturated carbocycles. The molecule has 0 amide bonds. The van der Waals surface area contributed by atoms with Crippen LogP contribution >= 0.6 is 0 Å². The van der Waals surface area contributed by atoms with Crippen LogP contribution in [0, 0.1) is 0 Å². The highest BCUT2D eigenvalue weighted by Crippen LogP contribution is 2.08. The van der Waals surface area contributed by atoms with Crippen molar-refractivity contribution in [3.8, 4) is 0 Å². The molecule has 0 radical (unpaired) electrons. The van der Waals surface area contributed by atoms with E-state index in [0.29, 0.717) is 0 Å². The minimum absolute atomic E-state index is 0.167. The Hall–Kier alpha value is -0.120. The molecule has 0 aliphatic rings. The molecule has 0 fully saturated rings. The Morgan fingerprint density at radius 3 is 2.44 bits per heavy atom. The predicted molar refractivity (Wildman–Crippen MR) is 68.7 cm³/mol. The minimum atomic E-state index is -0.182. The maximum Gasteiger partial charge on any atom is 0.0611 e. The Kier molecular flexibility index (Phi) is 9.99. The second-order valence-electron chi connectivity index (χ2n) is 4.67. The zero-order valence-corrected chi connectivity index (χ0v) is 11.2. The molecule has 0 heterocycles. The van der Waals surface area contributed by atoms with E-state index in [1.807, 2.05) is 6.92 Å². The lowest BCUT2D eigenvalue weighted by Gasteiger charge is -2.28. The van der Waals surface area contributed by atoms with Gasteiger partial charge in [-0.05, 0) is 26.3 Å². The van der Waals surface area contributed by atoms with Gasteiger partial charge in [-0.3, -0.25) is 0 Å². The standard InChI is InChI=1S/C13H29NO2/c1-4-6-7-8-10-16-11-9-13(3,12-15)14-5-2/h14-15H,4-12H2,1-3H3. The molecule has 0 aliphatic heterocycles. The summed E-state index contributed by atoms with van der Waals surface area (Å²) < 4.78 is 5.57. The minimum Gasteiger partial charge on any atom is -0.394 e. The number of hydrogen-bond donors (Lipinski definition) is 2. The van der Waals surface area contributed by atoms with Crippen molar-refractivity contribution in [1.29, 1.82) is 0 Å². The van der Waals surface area contributed by atoms with Gasteiger partial charge in [-0.2, -0.15) is 0 Å². The second-order valence-corrected chi connectivity index (χ2v) is 4.67. The average Bonchev–Trinajstić information content (AvgIpc) is 2.28. The Balaban J connectivity index is 3.41. The largest absolute Gasteiger partial charge is 0.394 e. The molecular formula is C13H29NO2. The zero-order chi connectivity index (χ0) is 12.3. The topological polar surface area (TPSA) is 41.5 Å². The lowest BCUT2D eigenvalue weighted by Crippen LogP contribution is -2.46. The molecule has 2 N–H and O–H groups in total. The van der Waals surface area contributed by atoms with Gasteiger partial charge < -0.3 is 15.2 Å². The first-order chi connectivity index (χ1) is 7.68. The SMILES string of the molecule is CCCCCCOCCC(C)(CO)NCC. The number of ether oxygens (including phenoxy) is 1. The van der Waals surface area contributed by atoms with Gasteiger partial charge in [-0.1, -0.05) is 33.1 Å². The van der Waals surface area contributed by atoms with Crippen molar-refractivity contribution in [3.05, 3.63) is 0 Å². The summed E-state index contributed by atoms with van der Waals surface area (Å²) in [5.41, 5.74) is -0.182. The molecule has 1 atom stereocenters. The van der Waals surface area contributed by atoms with Gasteiger partial charge in [0.25, 0.3) is 0 Å². The van der Waals surface area contributed by atoms with Crippen molar-refractivity contribution < 1.29 is 9.84 Å². The number of aliphatic hydroxyl groups is 1. The number of likely N-dealkylation sites (N-methyl/N-ethyl adjacent to an activating group) is 1. The molecule has 3 nitrogen and oxygen atoms in total. The molecule has 0 saturated heterocycles. The number of rotatable bonds is 11. The Labute approximate surface area is 101 Å². The number of nitrogens with one attached hydrogen (secondary N) is 1. The van der Waals surface area contributed by atoms with Crippen LogP contribution in [0.25, 0.3) is 0 Å². The molecule has 0 rings (SSSR count).